The van der Waals surface area contributed by atoms with Gasteiger partial charge in [0.2, 0.25) is 0 Å². The number of aliphatic hydroxyl groups excluding tert-OH is 1. The zero-order valence-electron chi connectivity index (χ0n) is 22.6. The van der Waals surface area contributed by atoms with Crippen molar-refractivity contribution in [3.8, 4) is 0 Å². The van der Waals surface area contributed by atoms with E-state index in [-0.39, 0.29) is 0 Å². The molecular formula is C31H34Cl2N2O4. The number of aliphatic hydroxyl groups is 1. The summed E-state index contributed by atoms with van der Waals surface area (Å²) in [5, 5.41) is 12.2. The van der Waals surface area contributed by atoms with E-state index < -0.39 is 42.0 Å². The monoisotopic (exact) mass is 568 g/mol. The predicted octanol–water partition coefficient (Wildman–Crippen LogP) is 7.19. The Hall–Kier alpha value is -2.90. The minimum absolute atomic E-state index is 0.304. The molecule has 1 aliphatic rings. The van der Waals surface area contributed by atoms with Crippen LogP contribution in [0.4, 0.5) is 4.79 Å². The van der Waals surface area contributed by atoms with E-state index in [1.165, 1.54) is 0 Å². The van der Waals surface area contributed by atoms with E-state index in [9.17, 15) is 14.7 Å². The van der Waals surface area contributed by atoms with Gasteiger partial charge in [-0.1, -0.05) is 89.9 Å². The van der Waals surface area contributed by atoms with Crippen LogP contribution in [0.1, 0.15) is 63.0 Å². The Kier molecular flexibility index (Phi) is 9.02. The number of imide groups is 1. The quantitative estimate of drug-likeness (QED) is 0.326. The van der Waals surface area contributed by atoms with Gasteiger partial charge in [0, 0.05) is 21.7 Å². The smallest absolute Gasteiger partial charge is 0.418 e. The molecule has 4 atom stereocenters. The van der Waals surface area contributed by atoms with E-state index in [4.69, 9.17) is 27.9 Å². The van der Waals surface area contributed by atoms with Crippen LogP contribution in [0.5, 0.6) is 0 Å². The molecule has 1 saturated heterocycles. The summed E-state index contributed by atoms with van der Waals surface area (Å²) in [7, 11) is 0. The SMILES string of the molecule is C[C@@H](c1ccccc1)N1[C@@H]([C@H](O)CCc2ccccc2)C(=O)N(C(=O)OC(C)(C)C)[C@@H]1c1c(Cl)cccc1Cl. The van der Waals surface area contributed by atoms with Gasteiger partial charge in [0.15, 0.2) is 0 Å². The van der Waals surface area contributed by atoms with Crippen LogP contribution in [0.25, 0.3) is 0 Å². The van der Waals surface area contributed by atoms with Gasteiger partial charge in [-0.2, -0.15) is 0 Å². The molecule has 0 bridgehead atoms. The van der Waals surface area contributed by atoms with Gasteiger partial charge < -0.3 is 9.84 Å². The first-order valence-corrected chi connectivity index (χ1v) is 13.8. The lowest BCUT2D eigenvalue weighted by Gasteiger charge is -2.37. The van der Waals surface area contributed by atoms with Crippen molar-refractivity contribution in [3.05, 3.63) is 106 Å². The molecule has 0 unspecified atom stereocenters. The summed E-state index contributed by atoms with van der Waals surface area (Å²) in [5.41, 5.74) is 1.50. The van der Waals surface area contributed by atoms with Crippen molar-refractivity contribution in [2.45, 2.75) is 70.5 Å². The third-order valence-electron chi connectivity index (χ3n) is 6.85. The molecule has 0 saturated carbocycles. The molecule has 6 nitrogen and oxygen atoms in total. The first kappa shape index (κ1) is 29.1. The van der Waals surface area contributed by atoms with Crippen LogP contribution in [0, 0.1) is 0 Å². The number of halogens is 2. The van der Waals surface area contributed by atoms with Crippen molar-refractivity contribution >= 4 is 35.2 Å². The summed E-state index contributed by atoms with van der Waals surface area (Å²) in [5.74, 6) is -0.562. The number of hydrogen-bond acceptors (Lipinski definition) is 5. The topological polar surface area (TPSA) is 70.1 Å². The van der Waals surface area contributed by atoms with Crippen molar-refractivity contribution in [1.82, 2.24) is 9.80 Å². The highest BCUT2D eigenvalue weighted by atomic mass is 35.5. The van der Waals surface area contributed by atoms with Crippen LogP contribution in [-0.2, 0) is 16.0 Å². The van der Waals surface area contributed by atoms with E-state index in [0.29, 0.717) is 28.5 Å². The van der Waals surface area contributed by atoms with Crippen molar-refractivity contribution in [3.63, 3.8) is 0 Å². The Balaban J connectivity index is 1.84. The Bertz CT molecular complexity index is 1280. The number of carbonyl (C=O) groups excluding carboxylic acids is 2. The second kappa shape index (κ2) is 12.1. The van der Waals surface area contributed by atoms with E-state index in [1.807, 2.05) is 72.5 Å². The molecule has 0 spiro atoms. The molecule has 3 aromatic carbocycles. The zero-order valence-corrected chi connectivity index (χ0v) is 24.1. The van der Waals surface area contributed by atoms with Gasteiger partial charge in [0.05, 0.1) is 6.10 Å². The van der Waals surface area contributed by atoms with Crippen LogP contribution < -0.4 is 0 Å². The normalized spacial score (nSPS) is 19.7. The van der Waals surface area contributed by atoms with E-state index in [1.54, 1.807) is 39.0 Å². The molecule has 4 rings (SSSR count). The third kappa shape index (κ3) is 6.47. The predicted molar refractivity (Wildman–Crippen MR) is 154 cm³/mol. The summed E-state index contributed by atoms with van der Waals surface area (Å²) in [4.78, 5) is 30.7. The summed E-state index contributed by atoms with van der Waals surface area (Å²) < 4.78 is 5.69. The zero-order chi connectivity index (χ0) is 28.3. The van der Waals surface area contributed by atoms with Gasteiger partial charge in [0.25, 0.3) is 5.91 Å². The van der Waals surface area contributed by atoms with Crippen molar-refractivity contribution in [1.29, 1.82) is 0 Å². The number of ether oxygens (including phenoxy) is 1. The molecule has 1 aliphatic heterocycles. The minimum atomic E-state index is -1.08. The standard InChI is InChI=1S/C31H34Cl2N2O4/c1-20(22-14-9-6-10-15-22)34-27(25(36)19-18-21-12-7-5-8-13-21)29(37)35(30(38)39-31(2,3)4)28(34)26-23(32)16-11-17-24(26)33/h5-17,20,25,27-28,36H,18-19H2,1-4H3/t20-,25+,27-,28+/m0/s1. The highest BCUT2D eigenvalue weighted by Crippen LogP contribution is 2.47. The maximum atomic E-state index is 14.2. The van der Waals surface area contributed by atoms with Crippen LogP contribution in [0.15, 0.2) is 78.9 Å². The molecule has 3 aromatic rings. The fraction of sp³-hybridized carbons (Fsp3) is 0.355. The maximum Gasteiger partial charge on any atom is 0.418 e. The molecule has 2 amide bonds. The Morgan fingerprint density at radius 3 is 2.08 bits per heavy atom. The molecule has 0 aliphatic carbocycles. The van der Waals surface area contributed by atoms with Crippen molar-refractivity contribution < 1.29 is 19.4 Å². The van der Waals surface area contributed by atoms with Gasteiger partial charge in [-0.3, -0.25) is 9.69 Å². The van der Waals surface area contributed by atoms with E-state index in [2.05, 4.69) is 0 Å². The maximum absolute atomic E-state index is 14.2. The average molecular weight is 570 g/mol. The van der Waals surface area contributed by atoms with Crippen LogP contribution in [-0.4, -0.2) is 44.7 Å². The number of amides is 2. The molecule has 8 heteroatoms. The van der Waals surface area contributed by atoms with Crippen molar-refractivity contribution in [2.24, 2.45) is 0 Å². The summed E-state index contributed by atoms with van der Waals surface area (Å²) in [6.07, 6.45) is -2.04. The largest absolute Gasteiger partial charge is 0.443 e. The second-order valence-electron chi connectivity index (χ2n) is 10.8. The first-order chi connectivity index (χ1) is 18.5. The fourth-order valence-electron chi connectivity index (χ4n) is 5.05. The number of hydrogen-bond donors (Lipinski definition) is 1. The fourth-order valence-corrected chi connectivity index (χ4v) is 5.64. The lowest BCUT2D eigenvalue weighted by molar-refractivity contribution is -0.131. The Labute approximate surface area is 240 Å². The van der Waals surface area contributed by atoms with Crippen molar-refractivity contribution in [2.75, 3.05) is 0 Å². The van der Waals surface area contributed by atoms with Crippen LogP contribution >= 0.6 is 23.2 Å². The molecule has 0 radical (unpaired) electrons. The second-order valence-corrected chi connectivity index (χ2v) is 11.6. The van der Waals surface area contributed by atoms with Gasteiger partial charge in [-0.05, 0) is 63.8 Å². The van der Waals surface area contributed by atoms with Crippen LogP contribution in [0.3, 0.4) is 0 Å². The number of rotatable bonds is 7. The van der Waals surface area contributed by atoms with Gasteiger partial charge >= 0.3 is 6.09 Å². The molecule has 0 aromatic heterocycles. The highest BCUT2D eigenvalue weighted by molar-refractivity contribution is 6.36. The van der Waals surface area contributed by atoms with E-state index in [0.717, 1.165) is 16.0 Å². The average Bonchev–Trinajstić information content (AvgIpc) is 3.19. The number of benzene rings is 3. The summed E-state index contributed by atoms with van der Waals surface area (Å²) in [6, 6.07) is 23.0. The van der Waals surface area contributed by atoms with Gasteiger partial charge in [-0.25, -0.2) is 9.69 Å². The van der Waals surface area contributed by atoms with Crippen LogP contribution in [0.2, 0.25) is 10.0 Å². The van der Waals surface area contributed by atoms with E-state index >= 15 is 0 Å². The number of aryl methyl sites for hydroxylation is 1. The molecule has 1 fully saturated rings. The number of nitrogens with zero attached hydrogens (tertiary/aromatic N) is 2. The summed E-state index contributed by atoms with van der Waals surface area (Å²) >= 11 is 13.4. The van der Waals surface area contributed by atoms with Gasteiger partial charge in [-0.15, -0.1) is 0 Å². The van der Waals surface area contributed by atoms with Gasteiger partial charge in [0.1, 0.15) is 17.8 Å². The molecular weight excluding hydrogens is 535 g/mol. The summed E-state index contributed by atoms with van der Waals surface area (Å²) in [6.45, 7) is 7.15. The molecule has 1 heterocycles. The Morgan fingerprint density at radius 1 is 0.949 bits per heavy atom. The number of carbonyl (C=O) groups is 2. The highest BCUT2D eigenvalue weighted by Gasteiger charge is 2.55. The lowest BCUT2D eigenvalue weighted by atomic mass is 9.97. The first-order valence-electron chi connectivity index (χ1n) is 13.0. The third-order valence-corrected chi connectivity index (χ3v) is 7.51. The molecule has 206 valence electrons. The Morgan fingerprint density at radius 2 is 1.51 bits per heavy atom. The molecule has 1 N–H and O–H groups in total. The lowest BCUT2D eigenvalue weighted by Crippen LogP contribution is -2.45. The minimum Gasteiger partial charge on any atom is -0.443 e. The molecule has 39 heavy (non-hydrogen) atoms.